The fourth-order valence-electron chi connectivity index (χ4n) is 1.74. The monoisotopic (exact) mass is 254 g/mol. The Bertz CT molecular complexity index is 629. The van der Waals surface area contributed by atoms with Crippen molar-refractivity contribution in [2.24, 2.45) is 0 Å². The molecular formula is C15H11FN2O. The highest BCUT2D eigenvalue weighted by Crippen LogP contribution is 2.27. The zero-order chi connectivity index (χ0) is 13.7. The van der Waals surface area contributed by atoms with Crippen LogP contribution in [-0.4, -0.2) is 5.91 Å². The van der Waals surface area contributed by atoms with Crippen molar-refractivity contribution < 1.29 is 9.18 Å². The molecule has 2 aromatic carbocycles. The van der Waals surface area contributed by atoms with Gasteiger partial charge in [-0.3, -0.25) is 4.79 Å². The highest BCUT2D eigenvalue weighted by atomic mass is 19.1. The summed E-state index contributed by atoms with van der Waals surface area (Å²) in [6, 6.07) is 15.0. The van der Waals surface area contributed by atoms with Crippen molar-refractivity contribution in [1.82, 2.24) is 0 Å². The van der Waals surface area contributed by atoms with Crippen LogP contribution in [-0.2, 0) is 4.79 Å². The molecule has 0 heterocycles. The average molecular weight is 254 g/mol. The predicted octanol–water partition coefficient (Wildman–Crippen LogP) is 3.34. The smallest absolute Gasteiger partial charge is 0.238 e. The van der Waals surface area contributed by atoms with Crippen molar-refractivity contribution in [1.29, 1.82) is 5.26 Å². The van der Waals surface area contributed by atoms with E-state index in [-0.39, 0.29) is 18.1 Å². The molecule has 19 heavy (non-hydrogen) atoms. The summed E-state index contributed by atoms with van der Waals surface area (Å²) in [7, 11) is 0. The molecule has 0 aliphatic heterocycles. The van der Waals surface area contributed by atoms with E-state index in [9.17, 15) is 9.18 Å². The van der Waals surface area contributed by atoms with Gasteiger partial charge in [0, 0.05) is 11.3 Å². The summed E-state index contributed by atoms with van der Waals surface area (Å²) < 4.78 is 12.9. The highest BCUT2D eigenvalue weighted by Gasteiger charge is 2.07. The van der Waals surface area contributed by atoms with Gasteiger partial charge in [0.05, 0.1) is 6.07 Å². The lowest BCUT2D eigenvalue weighted by Crippen LogP contribution is -2.10. The molecule has 0 unspecified atom stereocenters. The standard InChI is InChI=1S/C15H11FN2O/c16-12-7-5-11(6-8-12)13-3-1-2-4-14(13)18-15(19)9-10-17/h1-8H,9H2,(H,18,19). The van der Waals surface area contributed by atoms with E-state index in [0.717, 1.165) is 11.1 Å². The van der Waals surface area contributed by atoms with Crippen LogP contribution in [0.25, 0.3) is 11.1 Å². The Hall–Kier alpha value is -2.67. The Balaban J connectivity index is 2.33. The van der Waals surface area contributed by atoms with Crippen LogP contribution in [0, 0.1) is 17.1 Å². The van der Waals surface area contributed by atoms with Crippen LogP contribution in [0.1, 0.15) is 6.42 Å². The number of benzene rings is 2. The molecule has 0 saturated heterocycles. The van der Waals surface area contributed by atoms with Crippen molar-refractivity contribution in [3.63, 3.8) is 0 Å². The van der Waals surface area contributed by atoms with E-state index in [4.69, 9.17) is 5.26 Å². The predicted molar refractivity (Wildman–Crippen MR) is 70.7 cm³/mol. The number of nitriles is 1. The van der Waals surface area contributed by atoms with Crippen molar-refractivity contribution in [2.75, 3.05) is 5.32 Å². The van der Waals surface area contributed by atoms with Crippen molar-refractivity contribution >= 4 is 11.6 Å². The van der Waals surface area contributed by atoms with Crippen LogP contribution in [0.2, 0.25) is 0 Å². The summed E-state index contributed by atoms with van der Waals surface area (Å²) in [6.45, 7) is 0. The van der Waals surface area contributed by atoms with E-state index in [1.165, 1.54) is 12.1 Å². The number of rotatable bonds is 3. The number of anilines is 1. The zero-order valence-electron chi connectivity index (χ0n) is 10.1. The molecule has 0 aliphatic carbocycles. The van der Waals surface area contributed by atoms with E-state index in [2.05, 4.69) is 5.32 Å². The molecule has 1 amide bonds. The van der Waals surface area contributed by atoms with Crippen molar-refractivity contribution in [3.8, 4) is 17.2 Å². The van der Waals surface area contributed by atoms with Gasteiger partial charge in [0.1, 0.15) is 12.2 Å². The van der Waals surface area contributed by atoms with E-state index in [1.54, 1.807) is 30.3 Å². The Morgan fingerprint density at radius 3 is 2.53 bits per heavy atom. The lowest BCUT2D eigenvalue weighted by Gasteiger charge is -2.10. The summed E-state index contributed by atoms with van der Waals surface area (Å²) in [5.41, 5.74) is 2.19. The normalized spacial score (nSPS) is 9.68. The van der Waals surface area contributed by atoms with E-state index < -0.39 is 0 Å². The molecule has 0 radical (unpaired) electrons. The first-order valence-electron chi connectivity index (χ1n) is 5.72. The molecule has 0 saturated carbocycles. The van der Waals surface area contributed by atoms with Gasteiger partial charge in [-0.1, -0.05) is 30.3 Å². The molecule has 0 aromatic heterocycles. The first-order chi connectivity index (χ1) is 9.20. The topological polar surface area (TPSA) is 52.9 Å². The largest absolute Gasteiger partial charge is 0.325 e. The third-order valence-electron chi connectivity index (χ3n) is 2.60. The van der Waals surface area contributed by atoms with E-state index >= 15 is 0 Å². The number of hydrogen-bond acceptors (Lipinski definition) is 2. The van der Waals surface area contributed by atoms with Gasteiger partial charge >= 0.3 is 0 Å². The molecule has 0 bridgehead atoms. The number of carbonyl (C=O) groups excluding carboxylic acids is 1. The Labute approximate surface area is 110 Å². The molecule has 0 aliphatic rings. The van der Waals surface area contributed by atoms with Gasteiger partial charge in [0.2, 0.25) is 5.91 Å². The lowest BCUT2D eigenvalue weighted by molar-refractivity contribution is -0.115. The van der Waals surface area contributed by atoms with Gasteiger partial charge in [0.25, 0.3) is 0 Å². The number of nitrogens with one attached hydrogen (secondary N) is 1. The maximum atomic E-state index is 12.9. The number of para-hydroxylation sites is 1. The second kappa shape index (κ2) is 5.78. The fourth-order valence-corrected chi connectivity index (χ4v) is 1.74. The van der Waals surface area contributed by atoms with Crippen LogP contribution < -0.4 is 5.32 Å². The molecule has 0 fully saturated rings. The number of amides is 1. The van der Waals surface area contributed by atoms with Crippen LogP contribution in [0.4, 0.5) is 10.1 Å². The fraction of sp³-hybridized carbons (Fsp3) is 0.0667. The molecule has 94 valence electrons. The Morgan fingerprint density at radius 1 is 1.16 bits per heavy atom. The van der Waals surface area contributed by atoms with Crippen LogP contribution in [0.15, 0.2) is 48.5 Å². The van der Waals surface area contributed by atoms with Crippen LogP contribution >= 0.6 is 0 Å². The maximum Gasteiger partial charge on any atom is 0.238 e. The zero-order valence-corrected chi connectivity index (χ0v) is 10.1. The summed E-state index contributed by atoms with van der Waals surface area (Å²) in [4.78, 5) is 11.5. The molecule has 2 aromatic rings. The first kappa shape index (κ1) is 12.8. The number of hydrogen-bond donors (Lipinski definition) is 1. The Kier molecular flexibility index (Phi) is 3.89. The van der Waals surface area contributed by atoms with Gasteiger partial charge in [-0.25, -0.2) is 4.39 Å². The lowest BCUT2D eigenvalue weighted by atomic mass is 10.0. The molecule has 0 spiro atoms. The molecule has 3 nitrogen and oxygen atoms in total. The van der Waals surface area contributed by atoms with Gasteiger partial charge < -0.3 is 5.32 Å². The Morgan fingerprint density at radius 2 is 1.84 bits per heavy atom. The summed E-state index contributed by atoms with van der Waals surface area (Å²) in [6.07, 6.45) is -0.197. The van der Waals surface area contributed by atoms with Crippen LogP contribution in [0.5, 0.6) is 0 Å². The van der Waals surface area contributed by atoms with Gasteiger partial charge in [0.15, 0.2) is 0 Å². The minimum absolute atomic E-state index is 0.197. The quantitative estimate of drug-likeness (QED) is 0.913. The van der Waals surface area contributed by atoms with Gasteiger partial charge in [-0.05, 0) is 23.8 Å². The minimum atomic E-state index is -0.364. The van der Waals surface area contributed by atoms with Crippen LogP contribution in [0.3, 0.4) is 0 Å². The SMILES string of the molecule is N#CCC(=O)Nc1ccccc1-c1ccc(F)cc1. The third-order valence-corrected chi connectivity index (χ3v) is 2.60. The number of carbonyl (C=O) groups is 1. The molecule has 2 rings (SSSR count). The second-order valence-corrected chi connectivity index (χ2v) is 3.94. The van der Waals surface area contributed by atoms with E-state index in [0.29, 0.717) is 5.69 Å². The molecular weight excluding hydrogens is 243 g/mol. The molecule has 4 heteroatoms. The highest BCUT2D eigenvalue weighted by molar-refractivity contribution is 5.96. The summed E-state index contributed by atoms with van der Waals surface area (Å²) in [5.74, 6) is -0.674. The summed E-state index contributed by atoms with van der Waals surface area (Å²) >= 11 is 0. The maximum absolute atomic E-state index is 12.9. The summed E-state index contributed by atoms with van der Waals surface area (Å²) in [5, 5.41) is 11.1. The van der Waals surface area contributed by atoms with Crippen molar-refractivity contribution in [3.05, 3.63) is 54.3 Å². The van der Waals surface area contributed by atoms with Gasteiger partial charge in [-0.15, -0.1) is 0 Å². The molecule has 0 atom stereocenters. The van der Waals surface area contributed by atoms with Gasteiger partial charge in [-0.2, -0.15) is 5.26 Å². The first-order valence-corrected chi connectivity index (χ1v) is 5.72. The second-order valence-electron chi connectivity index (χ2n) is 3.94. The average Bonchev–Trinajstić information content (AvgIpc) is 2.41. The third kappa shape index (κ3) is 3.17. The number of halogens is 1. The minimum Gasteiger partial charge on any atom is -0.325 e. The van der Waals surface area contributed by atoms with E-state index in [1.807, 2.05) is 12.1 Å². The molecule has 1 N–H and O–H groups in total. The van der Waals surface area contributed by atoms with Crippen molar-refractivity contribution in [2.45, 2.75) is 6.42 Å². The number of nitrogens with zero attached hydrogens (tertiary/aromatic N) is 1.